The molecule has 0 fully saturated rings. The molecule has 0 aliphatic rings. The number of halogens is 1. The second-order valence-electron chi connectivity index (χ2n) is 4.58. The molecule has 6 heteroatoms. The molecule has 4 nitrogen and oxygen atoms in total. The van der Waals surface area contributed by atoms with Crippen molar-refractivity contribution in [2.75, 3.05) is 6.54 Å². The Kier molecular flexibility index (Phi) is 4.60. The molecule has 2 aromatic heterocycles. The monoisotopic (exact) mass is 298 g/mol. The maximum atomic E-state index is 6.32. The predicted molar refractivity (Wildman–Crippen MR) is 79.9 cm³/mol. The number of nitrogens with zero attached hydrogens (tertiary/aromatic N) is 3. The molecular weight excluding hydrogens is 280 g/mol. The molecule has 1 unspecified atom stereocenters. The van der Waals surface area contributed by atoms with Crippen LogP contribution in [0, 0.1) is 13.8 Å². The molecule has 0 bridgehead atoms. The van der Waals surface area contributed by atoms with Gasteiger partial charge in [0.2, 0.25) is 0 Å². The third-order valence-corrected chi connectivity index (χ3v) is 4.39. The van der Waals surface area contributed by atoms with Gasteiger partial charge in [-0.2, -0.15) is 5.10 Å². The van der Waals surface area contributed by atoms with Gasteiger partial charge in [0.25, 0.3) is 0 Å². The Morgan fingerprint density at radius 3 is 2.68 bits per heavy atom. The van der Waals surface area contributed by atoms with Gasteiger partial charge in [0.1, 0.15) is 0 Å². The second-order valence-corrected chi connectivity index (χ2v) is 6.02. The van der Waals surface area contributed by atoms with E-state index in [1.165, 1.54) is 0 Å². The maximum absolute atomic E-state index is 6.32. The molecule has 0 aliphatic heterocycles. The summed E-state index contributed by atoms with van der Waals surface area (Å²) in [6, 6.07) is 0.183. The van der Waals surface area contributed by atoms with Crippen LogP contribution >= 0.6 is 22.9 Å². The summed E-state index contributed by atoms with van der Waals surface area (Å²) in [6.45, 7) is 6.96. The largest absolute Gasteiger partial charge is 0.309 e. The maximum Gasteiger partial charge on any atom is 0.0898 e. The van der Waals surface area contributed by atoms with E-state index < -0.39 is 0 Å². The molecule has 1 atom stereocenters. The summed E-state index contributed by atoms with van der Waals surface area (Å²) in [5, 5.41) is 11.8. The number of thiazole rings is 1. The highest BCUT2D eigenvalue weighted by Gasteiger charge is 2.19. The van der Waals surface area contributed by atoms with Crippen LogP contribution in [0.25, 0.3) is 0 Å². The molecule has 2 rings (SSSR count). The highest BCUT2D eigenvalue weighted by molar-refractivity contribution is 7.09. The zero-order valence-electron chi connectivity index (χ0n) is 11.7. The zero-order valence-corrected chi connectivity index (χ0v) is 13.3. The summed E-state index contributed by atoms with van der Waals surface area (Å²) in [5.41, 5.74) is 3.01. The van der Waals surface area contributed by atoms with Crippen LogP contribution in [0.15, 0.2) is 5.38 Å². The molecule has 2 heterocycles. The quantitative estimate of drug-likeness (QED) is 0.922. The number of aromatic nitrogens is 3. The van der Waals surface area contributed by atoms with E-state index in [0.717, 1.165) is 40.1 Å². The first-order valence-electron chi connectivity index (χ1n) is 6.36. The van der Waals surface area contributed by atoms with Gasteiger partial charge in [-0.1, -0.05) is 18.5 Å². The van der Waals surface area contributed by atoms with E-state index in [1.54, 1.807) is 11.3 Å². The lowest BCUT2D eigenvalue weighted by Gasteiger charge is -2.16. The van der Waals surface area contributed by atoms with Crippen LogP contribution in [0.2, 0.25) is 5.02 Å². The molecule has 0 radical (unpaired) electrons. The van der Waals surface area contributed by atoms with E-state index in [4.69, 9.17) is 11.6 Å². The van der Waals surface area contributed by atoms with Crippen LogP contribution in [0.1, 0.15) is 35.1 Å². The van der Waals surface area contributed by atoms with E-state index >= 15 is 0 Å². The number of aryl methyl sites for hydroxylation is 3. The van der Waals surface area contributed by atoms with Crippen molar-refractivity contribution in [1.82, 2.24) is 20.1 Å². The molecule has 2 aromatic rings. The van der Waals surface area contributed by atoms with Gasteiger partial charge in [-0.25, -0.2) is 4.98 Å². The zero-order chi connectivity index (χ0) is 14.0. The Hall–Kier alpha value is -0.910. The van der Waals surface area contributed by atoms with Crippen LogP contribution in [0.5, 0.6) is 0 Å². The van der Waals surface area contributed by atoms with Crippen molar-refractivity contribution in [3.8, 4) is 0 Å². The molecular formula is C13H19ClN4S. The summed E-state index contributed by atoms with van der Waals surface area (Å²) >= 11 is 8.00. The highest BCUT2D eigenvalue weighted by Crippen LogP contribution is 2.26. The van der Waals surface area contributed by atoms with Crippen molar-refractivity contribution >= 4 is 22.9 Å². The fourth-order valence-electron chi connectivity index (χ4n) is 2.16. The lowest BCUT2D eigenvalue weighted by Crippen LogP contribution is -2.24. The fraction of sp³-hybridized carbons (Fsp3) is 0.538. The molecule has 0 aliphatic carbocycles. The van der Waals surface area contributed by atoms with Crippen molar-refractivity contribution in [2.24, 2.45) is 7.05 Å². The average molecular weight is 299 g/mol. The predicted octanol–water partition coefficient (Wildman–Crippen LogP) is 3.04. The Bertz CT molecular complexity index is 561. The first-order valence-corrected chi connectivity index (χ1v) is 7.62. The fourth-order valence-corrected chi connectivity index (χ4v) is 3.07. The van der Waals surface area contributed by atoms with E-state index in [2.05, 4.69) is 27.7 Å². The normalized spacial score (nSPS) is 12.9. The number of hydrogen-bond acceptors (Lipinski definition) is 4. The number of nitrogens with one attached hydrogen (secondary N) is 1. The third kappa shape index (κ3) is 3.16. The van der Waals surface area contributed by atoms with Crippen molar-refractivity contribution < 1.29 is 0 Å². The minimum Gasteiger partial charge on any atom is -0.309 e. The Morgan fingerprint density at radius 2 is 2.21 bits per heavy atom. The van der Waals surface area contributed by atoms with E-state index in [0.29, 0.717) is 0 Å². The van der Waals surface area contributed by atoms with Crippen LogP contribution in [0.3, 0.4) is 0 Å². The molecule has 1 N–H and O–H groups in total. The number of likely N-dealkylation sites (N-methyl/N-ethyl adjacent to an activating group) is 1. The minimum atomic E-state index is 0.183. The number of hydrogen-bond donors (Lipinski definition) is 1. The molecule has 0 saturated carbocycles. The molecule has 0 spiro atoms. The van der Waals surface area contributed by atoms with Gasteiger partial charge in [-0.15, -0.1) is 11.3 Å². The van der Waals surface area contributed by atoms with Crippen molar-refractivity contribution in [3.05, 3.63) is 32.5 Å². The van der Waals surface area contributed by atoms with Crippen molar-refractivity contribution in [3.63, 3.8) is 0 Å². The van der Waals surface area contributed by atoms with Gasteiger partial charge in [-0.05, 0) is 20.4 Å². The minimum absolute atomic E-state index is 0.183. The van der Waals surface area contributed by atoms with Gasteiger partial charge >= 0.3 is 0 Å². The van der Waals surface area contributed by atoms with E-state index in [1.807, 2.05) is 25.6 Å². The Labute approximate surface area is 122 Å². The summed E-state index contributed by atoms with van der Waals surface area (Å²) in [7, 11) is 1.93. The van der Waals surface area contributed by atoms with E-state index in [9.17, 15) is 0 Å². The van der Waals surface area contributed by atoms with Crippen molar-refractivity contribution in [1.29, 1.82) is 0 Å². The van der Waals surface area contributed by atoms with E-state index in [-0.39, 0.29) is 6.04 Å². The molecule has 19 heavy (non-hydrogen) atoms. The Morgan fingerprint density at radius 1 is 1.47 bits per heavy atom. The van der Waals surface area contributed by atoms with Crippen LogP contribution in [-0.2, 0) is 13.5 Å². The molecule has 104 valence electrons. The summed E-state index contributed by atoms with van der Waals surface area (Å²) in [6.07, 6.45) is 0.799. The molecule has 0 saturated heterocycles. The Balaban J connectivity index is 2.26. The van der Waals surface area contributed by atoms with Gasteiger partial charge in [-0.3, -0.25) is 4.68 Å². The summed E-state index contributed by atoms with van der Waals surface area (Å²) in [5.74, 6) is 0. The summed E-state index contributed by atoms with van der Waals surface area (Å²) < 4.78 is 1.86. The number of rotatable bonds is 5. The SMILES string of the molecule is CCNC(Cc1c(Cl)c(C)nn1C)c1csc(C)n1. The second kappa shape index (κ2) is 6.03. The van der Waals surface area contributed by atoms with Gasteiger partial charge in [0.15, 0.2) is 0 Å². The summed E-state index contributed by atoms with van der Waals surface area (Å²) in [4.78, 5) is 4.58. The van der Waals surface area contributed by atoms with Crippen LogP contribution in [0.4, 0.5) is 0 Å². The van der Waals surface area contributed by atoms with Gasteiger partial charge < -0.3 is 5.32 Å². The molecule has 0 aromatic carbocycles. The topological polar surface area (TPSA) is 42.7 Å². The smallest absolute Gasteiger partial charge is 0.0898 e. The lowest BCUT2D eigenvalue weighted by molar-refractivity contribution is 0.519. The first-order chi connectivity index (χ1) is 9.02. The van der Waals surface area contributed by atoms with Gasteiger partial charge in [0, 0.05) is 18.8 Å². The average Bonchev–Trinajstić information content (AvgIpc) is 2.88. The third-order valence-electron chi connectivity index (χ3n) is 3.10. The van der Waals surface area contributed by atoms with Crippen molar-refractivity contribution in [2.45, 2.75) is 33.2 Å². The van der Waals surface area contributed by atoms with Crippen LogP contribution < -0.4 is 5.32 Å². The standard InChI is InChI=1S/C13H19ClN4S/c1-5-15-10(11-7-19-9(3)16-11)6-12-13(14)8(2)17-18(12)4/h7,10,15H,5-6H2,1-4H3. The first kappa shape index (κ1) is 14.5. The lowest BCUT2D eigenvalue weighted by atomic mass is 10.1. The van der Waals surface area contributed by atoms with Crippen LogP contribution in [-0.4, -0.2) is 21.3 Å². The van der Waals surface area contributed by atoms with Gasteiger partial charge in [0.05, 0.1) is 33.2 Å². The highest BCUT2D eigenvalue weighted by atomic mass is 35.5. The molecule has 0 amide bonds.